The fourth-order valence-electron chi connectivity index (χ4n) is 4.57. The van der Waals surface area contributed by atoms with Crippen molar-refractivity contribution in [2.45, 2.75) is 18.4 Å². The van der Waals surface area contributed by atoms with E-state index in [0.717, 1.165) is 16.7 Å². The second kappa shape index (κ2) is 9.67. The Balaban J connectivity index is 1.45. The number of ether oxygens (including phenoxy) is 1. The van der Waals surface area contributed by atoms with Crippen LogP contribution in [0.15, 0.2) is 97.1 Å². The first-order valence-electron chi connectivity index (χ1n) is 11.2. The predicted octanol–water partition coefficient (Wildman–Crippen LogP) is 5.76. The third-order valence-corrected chi connectivity index (χ3v) is 7.46. The molecule has 2 aliphatic heterocycles. The normalized spacial score (nSPS) is 22.5. The van der Waals surface area contributed by atoms with Crippen molar-refractivity contribution < 1.29 is 14.3 Å². The Bertz CT molecular complexity index is 1150. The molecule has 0 spiro atoms. The van der Waals surface area contributed by atoms with Crippen molar-refractivity contribution in [2.24, 2.45) is 5.92 Å². The number of thioether (sulfide) groups is 1. The molecular weight excluding hydrogens is 430 g/mol. The van der Waals surface area contributed by atoms with Gasteiger partial charge in [0.05, 0.1) is 12.0 Å². The lowest BCUT2D eigenvalue weighted by Crippen LogP contribution is -2.46. The quantitative estimate of drug-likeness (QED) is 0.490. The topological polar surface area (TPSA) is 46.6 Å². The predicted molar refractivity (Wildman–Crippen MR) is 132 cm³/mol. The van der Waals surface area contributed by atoms with Gasteiger partial charge in [-0.15, -0.1) is 11.8 Å². The van der Waals surface area contributed by atoms with E-state index < -0.39 is 6.09 Å². The summed E-state index contributed by atoms with van der Waals surface area (Å²) in [6.07, 6.45) is 2.25. The standard InChI is InChI=1S/C28H25NO3S/c30-27(29-23(18-32-28(29)31)16-20-10-4-1-5-11-20)25-19-33-26(22-14-8-3-9-15-22)17-24(25)21-12-6-2-7-13-21/h1-15,17,23-25H,16,18-19H2/t23-,24+,25+/m0/s1. The van der Waals surface area contributed by atoms with E-state index in [1.807, 2.05) is 66.7 Å². The van der Waals surface area contributed by atoms with Gasteiger partial charge in [-0.3, -0.25) is 4.79 Å². The van der Waals surface area contributed by atoms with Crippen molar-refractivity contribution in [3.05, 3.63) is 114 Å². The first-order chi connectivity index (χ1) is 16.2. The van der Waals surface area contributed by atoms with E-state index in [0.29, 0.717) is 12.2 Å². The Morgan fingerprint density at radius 2 is 1.55 bits per heavy atom. The van der Waals surface area contributed by atoms with E-state index in [-0.39, 0.29) is 30.4 Å². The number of cyclic esters (lactones) is 1. The number of hydrogen-bond acceptors (Lipinski definition) is 4. The monoisotopic (exact) mass is 455 g/mol. The van der Waals surface area contributed by atoms with Crippen molar-refractivity contribution in [3.8, 4) is 0 Å². The first-order valence-corrected chi connectivity index (χ1v) is 12.2. The van der Waals surface area contributed by atoms with Gasteiger partial charge < -0.3 is 4.74 Å². The minimum atomic E-state index is -0.532. The lowest BCUT2D eigenvalue weighted by atomic mass is 9.84. The van der Waals surface area contributed by atoms with Crippen LogP contribution >= 0.6 is 11.8 Å². The number of rotatable bonds is 5. The zero-order valence-electron chi connectivity index (χ0n) is 18.2. The summed E-state index contributed by atoms with van der Waals surface area (Å²) < 4.78 is 5.34. The molecule has 5 rings (SSSR count). The van der Waals surface area contributed by atoms with Gasteiger partial charge in [0.25, 0.3) is 0 Å². The van der Waals surface area contributed by atoms with Crippen LogP contribution in [0.1, 0.15) is 22.6 Å². The second-order valence-electron chi connectivity index (χ2n) is 8.38. The van der Waals surface area contributed by atoms with Crippen LogP contribution in [0.3, 0.4) is 0 Å². The van der Waals surface area contributed by atoms with Crippen LogP contribution in [0, 0.1) is 5.92 Å². The van der Waals surface area contributed by atoms with Crippen LogP contribution in [0.2, 0.25) is 0 Å². The summed E-state index contributed by atoms with van der Waals surface area (Å²) in [5, 5.41) is 0. The maximum Gasteiger partial charge on any atom is 0.416 e. The molecule has 2 amide bonds. The number of benzene rings is 3. The van der Waals surface area contributed by atoms with E-state index in [4.69, 9.17) is 4.74 Å². The van der Waals surface area contributed by atoms with Gasteiger partial charge in [0.1, 0.15) is 6.61 Å². The lowest BCUT2D eigenvalue weighted by Gasteiger charge is -2.32. The molecule has 0 radical (unpaired) electrons. The number of imide groups is 1. The molecule has 0 aliphatic carbocycles. The SMILES string of the molecule is O=C1OC[C@H](Cc2ccccc2)N1C(=O)[C@@H]1CSC(c2ccccc2)=C[C@@H]1c1ccccc1. The maximum absolute atomic E-state index is 13.8. The summed E-state index contributed by atoms with van der Waals surface area (Å²) >= 11 is 1.68. The minimum absolute atomic E-state index is 0.110. The van der Waals surface area contributed by atoms with Gasteiger partial charge in [-0.2, -0.15) is 0 Å². The van der Waals surface area contributed by atoms with Gasteiger partial charge in [0.15, 0.2) is 0 Å². The average Bonchev–Trinajstić information content (AvgIpc) is 3.24. The third kappa shape index (κ3) is 4.60. The number of amides is 2. The van der Waals surface area contributed by atoms with E-state index in [1.165, 1.54) is 9.81 Å². The highest BCUT2D eigenvalue weighted by molar-refractivity contribution is 8.08. The molecule has 1 fully saturated rings. The molecule has 0 bridgehead atoms. The average molecular weight is 456 g/mol. The molecule has 3 atom stereocenters. The maximum atomic E-state index is 13.8. The van der Waals surface area contributed by atoms with Crippen LogP contribution in [0.25, 0.3) is 4.91 Å². The summed E-state index contributed by atoms with van der Waals surface area (Å²) in [5.41, 5.74) is 3.32. The molecule has 4 nitrogen and oxygen atoms in total. The molecule has 2 heterocycles. The van der Waals surface area contributed by atoms with Gasteiger partial charge in [-0.05, 0) is 23.1 Å². The van der Waals surface area contributed by atoms with Crippen LogP contribution in [-0.4, -0.2) is 35.3 Å². The molecule has 0 saturated carbocycles. The molecule has 33 heavy (non-hydrogen) atoms. The smallest absolute Gasteiger partial charge is 0.416 e. The molecule has 3 aromatic rings. The highest BCUT2D eigenvalue weighted by atomic mass is 32.2. The number of carbonyl (C=O) groups excluding carboxylic acids is 2. The number of allylic oxidation sites excluding steroid dienone is 1. The minimum Gasteiger partial charge on any atom is -0.447 e. The van der Waals surface area contributed by atoms with Gasteiger partial charge in [-0.1, -0.05) is 97.1 Å². The number of nitrogens with zero attached hydrogens (tertiary/aromatic N) is 1. The van der Waals surface area contributed by atoms with Crippen LogP contribution < -0.4 is 0 Å². The summed E-state index contributed by atoms with van der Waals surface area (Å²) in [7, 11) is 0. The zero-order chi connectivity index (χ0) is 22.6. The summed E-state index contributed by atoms with van der Waals surface area (Å²) in [4.78, 5) is 29.0. The van der Waals surface area contributed by atoms with Gasteiger partial charge in [-0.25, -0.2) is 9.69 Å². The van der Waals surface area contributed by atoms with Crippen LogP contribution in [0.5, 0.6) is 0 Å². The highest BCUT2D eigenvalue weighted by Gasteiger charge is 2.44. The van der Waals surface area contributed by atoms with E-state index in [9.17, 15) is 9.59 Å². The Labute approximate surface area is 198 Å². The van der Waals surface area contributed by atoms with E-state index >= 15 is 0 Å². The van der Waals surface area contributed by atoms with Gasteiger partial charge in [0, 0.05) is 16.6 Å². The number of hydrogen-bond donors (Lipinski definition) is 0. The van der Waals surface area contributed by atoms with E-state index in [1.54, 1.807) is 11.8 Å². The molecule has 5 heteroatoms. The first kappa shape index (κ1) is 21.5. The van der Waals surface area contributed by atoms with Crippen molar-refractivity contribution in [1.29, 1.82) is 0 Å². The third-order valence-electron chi connectivity index (χ3n) is 6.26. The fourth-order valence-corrected chi connectivity index (χ4v) is 5.82. The second-order valence-corrected chi connectivity index (χ2v) is 9.44. The molecule has 1 saturated heterocycles. The molecule has 0 unspecified atom stereocenters. The molecule has 2 aliphatic rings. The Kier molecular flexibility index (Phi) is 6.31. The van der Waals surface area contributed by atoms with Crippen molar-refractivity contribution >= 4 is 28.7 Å². The Morgan fingerprint density at radius 3 is 2.24 bits per heavy atom. The summed E-state index contributed by atoms with van der Waals surface area (Å²) in [6.45, 7) is 0.237. The van der Waals surface area contributed by atoms with Crippen molar-refractivity contribution in [3.63, 3.8) is 0 Å². The van der Waals surface area contributed by atoms with Crippen molar-refractivity contribution in [1.82, 2.24) is 4.90 Å². The number of carbonyl (C=O) groups is 2. The van der Waals surface area contributed by atoms with Crippen molar-refractivity contribution in [2.75, 3.05) is 12.4 Å². The Morgan fingerprint density at radius 1 is 0.909 bits per heavy atom. The van der Waals surface area contributed by atoms with E-state index in [2.05, 4.69) is 30.3 Å². The van der Waals surface area contributed by atoms with Gasteiger partial charge >= 0.3 is 6.09 Å². The Hall–Kier alpha value is -3.31. The van der Waals surface area contributed by atoms with Crippen LogP contribution in [0.4, 0.5) is 4.79 Å². The lowest BCUT2D eigenvalue weighted by molar-refractivity contribution is -0.133. The largest absolute Gasteiger partial charge is 0.447 e. The van der Waals surface area contributed by atoms with Gasteiger partial charge in [0.2, 0.25) is 5.91 Å². The molecule has 0 aromatic heterocycles. The molecule has 166 valence electrons. The summed E-state index contributed by atoms with van der Waals surface area (Å²) in [6, 6.07) is 30.0. The fraction of sp³-hybridized carbons (Fsp3) is 0.214. The molecular formula is C28H25NO3S. The van der Waals surface area contributed by atoms with Crippen LogP contribution in [-0.2, 0) is 16.0 Å². The highest BCUT2D eigenvalue weighted by Crippen LogP contribution is 2.43. The molecule has 0 N–H and O–H groups in total. The zero-order valence-corrected chi connectivity index (χ0v) is 19.0. The summed E-state index contributed by atoms with van der Waals surface area (Å²) in [5.74, 6) is 0.0129. The molecule has 3 aromatic carbocycles.